The van der Waals surface area contributed by atoms with E-state index in [0.29, 0.717) is 11.6 Å². The molecule has 3 rings (SSSR count). The van der Waals surface area contributed by atoms with Crippen molar-refractivity contribution in [1.29, 1.82) is 0 Å². The Morgan fingerprint density at radius 1 is 1.12 bits per heavy atom. The minimum absolute atomic E-state index is 0.154. The molecule has 0 aliphatic rings. The summed E-state index contributed by atoms with van der Waals surface area (Å²) in [6, 6.07) is 6.45. The van der Waals surface area contributed by atoms with Gasteiger partial charge >= 0.3 is 6.18 Å². The summed E-state index contributed by atoms with van der Waals surface area (Å²) in [5.74, 6) is 0.801. The normalized spacial score (nSPS) is 13.0. The Hall–Kier alpha value is -2.90. The second kappa shape index (κ2) is 6.44. The summed E-state index contributed by atoms with van der Waals surface area (Å²) in [7, 11) is 1.63. The Kier molecular flexibility index (Phi) is 4.43. The topological polar surface area (TPSA) is 52.7 Å². The first-order chi connectivity index (χ1) is 12.2. The fourth-order valence-electron chi connectivity index (χ4n) is 2.60. The molecule has 1 unspecified atom stereocenters. The first kappa shape index (κ1) is 17.9. The SMILES string of the molecule is Cc1nc(-n2cc(C(C)c3ccc(C(F)(F)F)cc3)cn2)cc(=O)n1C. The lowest BCUT2D eigenvalue weighted by atomic mass is 9.95. The molecule has 0 bridgehead atoms. The van der Waals surface area contributed by atoms with Crippen LogP contribution < -0.4 is 5.56 Å². The third-order valence-corrected chi connectivity index (χ3v) is 4.42. The molecule has 0 radical (unpaired) electrons. The van der Waals surface area contributed by atoms with Crippen molar-refractivity contribution < 1.29 is 13.2 Å². The van der Waals surface area contributed by atoms with Crippen molar-refractivity contribution in [3.05, 3.63) is 75.6 Å². The summed E-state index contributed by atoms with van der Waals surface area (Å²) in [5.41, 5.74) is 0.680. The molecule has 0 spiro atoms. The van der Waals surface area contributed by atoms with Gasteiger partial charge < -0.3 is 0 Å². The van der Waals surface area contributed by atoms with Crippen molar-refractivity contribution in [2.75, 3.05) is 0 Å². The number of benzene rings is 1. The van der Waals surface area contributed by atoms with Crippen LogP contribution in [-0.2, 0) is 13.2 Å². The maximum atomic E-state index is 12.7. The minimum Gasteiger partial charge on any atom is -0.300 e. The Balaban J connectivity index is 1.89. The van der Waals surface area contributed by atoms with Gasteiger partial charge in [0.05, 0.1) is 11.8 Å². The van der Waals surface area contributed by atoms with Crippen LogP contribution in [-0.4, -0.2) is 19.3 Å². The second-order valence-electron chi connectivity index (χ2n) is 6.12. The van der Waals surface area contributed by atoms with Crippen LogP contribution in [0.15, 0.2) is 47.5 Å². The van der Waals surface area contributed by atoms with Crippen molar-refractivity contribution in [2.24, 2.45) is 7.05 Å². The second-order valence-corrected chi connectivity index (χ2v) is 6.12. The Labute approximate surface area is 147 Å². The first-order valence-corrected chi connectivity index (χ1v) is 7.93. The van der Waals surface area contributed by atoms with Crippen molar-refractivity contribution in [1.82, 2.24) is 19.3 Å². The van der Waals surface area contributed by atoms with Crippen LogP contribution in [0.2, 0.25) is 0 Å². The highest BCUT2D eigenvalue weighted by molar-refractivity contribution is 5.33. The molecule has 3 aromatic rings. The maximum absolute atomic E-state index is 12.7. The zero-order valence-electron chi connectivity index (χ0n) is 14.4. The molecular formula is C18H17F3N4O. The van der Waals surface area contributed by atoms with Crippen LogP contribution >= 0.6 is 0 Å². The van der Waals surface area contributed by atoms with E-state index in [4.69, 9.17) is 0 Å². The zero-order chi connectivity index (χ0) is 19.1. The van der Waals surface area contributed by atoms with Crippen LogP contribution in [0.3, 0.4) is 0 Å². The molecule has 0 amide bonds. The number of halogens is 3. The van der Waals surface area contributed by atoms with Crippen LogP contribution in [0.25, 0.3) is 5.82 Å². The van der Waals surface area contributed by atoms with E-state index >= 15 is 0 Å². The smallest absolute Gasteiger partial charge is 0.300 e. The molecule has 5 nitrogen and oxygen atoms in total. The molecule has 1 atom stereocenters. The molecule has 136 valence electrons. The van der Waals surface area contributed by atoms with Crippen LogP contribution in [0, 0.1) is 6.92 Å². The van der Waals surface area contributed by atoms with Crippen LogP contribution in [0.1, 0.15) is 35.4 Å². The average molecular weight is 362 g/mol. The van der Waals surface area contributed by atoms with Crippen LogP contribution in [0.4, 0.5) is 13.2 Å². The predicted octanol–water partition coefficient (Wildman–Crippen LogP) is 3.45. The van der Waals surface area contributed by atoms with E-state index < -0.39 is 11.7 Å². The van der Waals surface area contributed by atoms with Gasteiger partial charge in [-0.1, -0.05) is 19.1 Å². The first-order valence-electron chi connectivity index (χ1n) is 7.93. The number of hydrogen-bond acceptors (Lipinski definition) is 3. The molecule has 0 saturated carbocycles. The fraction of sp³-hybridized carbons (Fsp3) is 0.278. The third-order valence-electron chi connectivity index (χ3n) is 4.42. The number of aromatic nitrogens is 4. The van der Waals surface area contributed by atoms with Gasteiger partial charge in [0.1, 0.15) is 5.82 Å². The van der Waals surface area contributed by atoms with Crippen LogP contribution in [0.5, 0.6) is 0 Å². The van der Waals surface area contributed by atoms with Gasteiger partial charge in [0.15, 0.2) is 5.82 Å². The molecule has 0 aliphatic heterocycles. The molecule has 0 aliphatic carbocycles. The maximum Gasteiger partial charge on any atom is 0.416 e. The van der Waals surface area contributed by atoms with Crippen molar-refractivity contribution in [3.63, 3.8) is 0 Å². The van der Waals surface area contributed by atoms with E-state index in [9.17, 15) is 18.0 Å². The highest BCUT2D eigenvalue weighted by atomic mass is 19.4. The summed E-state index contributed by atoms with van der Waals surface area (Å²) < 4.78 is 41.0. The Morgan fingerprint density at radius 2 is 1.77 bits per heavy atom. The summed E-state index contributed by atoms with van der Waals surface area (Å²) in [6.45, 7) is 3.60. The lowest BCUT2D eigenvalue weighted by Gasteiger charge is -2.12. The molecule has 2 aromatic heterocycles. The number of hydrogen-bond donors (Lipinski definition) is 0. The van der Waals surface area contributed by atoms with Gasteiger partial charge in [-0.25, -0.2) is 9.67 Å². The van der Waals surface area contributed by atoms with E-state index in [1.54, 1.807) is 26.4 Å². The monoisotopic (exact) mass is 362 g/mol. The summed E-state index contributed by atoms with van der Waals surface area (Å²) in [6.07, 6.45) is -1.00. The molecule has 0 saturated heterocycles. The van der Waals surface area contributed by atoms with Gasteiger partial charge in [-0.05, 0) is 30.2 Å². The van der Waals surface area contributed by atoms with E-state index in [2.05, 4.69) is 10.1 Å². The Morgan fingerprint density at radius 3 is 2.35 bits per heavy atom. The molecule has 1 aromatic carbocycles. The largest absolute Gasteiger partial charge is 0.416 e. The fourth-order valence-corrected chi connectivity index (χ4v) is 2.60. The third kappa shape index (κ3) is 3.40. The molecule has 0 N–H and O–H groups in total. The van der Waals surface area contributed by atoms with Crippen molar-refractivity contribution >= 4 is 0 Å². The van der Waals surface area contributed by atoms with Gasteiger partial charge in [-0.15, -0.1) is 0 Å². The summed E-state index contributed by atoms with van der Waals surface area (Å²) in [4.78, 5) is 16.2. The van der Waals surface area contributed by atoms with Crippen molar-refractivity contribution in [3.8, 4) is 5.82 Å². The zero-order valence-corrected chi connectivity index (χ0v) is 14.4. The molecule has 2 heterocycles. The highest BCUT2D eigenvalue weighted by Gasteiger charge is 2.30. The quantitative estimate of drug-likeness (QED) is 0.717. The average Bonchev–Trinajstić information content (AvgIpc) is 3.08. The highest BCUT2D eigenvalue weighted by Crippen LogP contribution is 2.31. The summed E-state index contributed by atoms with van der Waals surface area (Å²) in [5, 5.41) is 4.23. The standard InChI is InChI=1S/C18H17F3N4O/c1-11(13-4-6-15(7-5-13)18(19,20)21)14-9-22-25(10-14)16-8-17(26)24(3)12(2)23-16/h4-11H,1-3H3. The van der Waals surface area contributed by atoms with Gasteiger partial charge in [-0.3, -0.25) is 9.36 Å². The van der Waals surface area contributed by atoms with Gasteiger partial charge in [0, 0.05) is 25.2 Å². The number of nitrogens with zero attached hydrogens (tertiary/aromatic N) is 4. The van der Waals surface area contributed by atoms with E-state index in [-0.39, 0.29) is 11.5 Å². The van der Waals surface area contributed by atoms with Gasteiger partial charge in [0.2, 0.25) is 0 Å². The lowest BCUT2D eigenvalue weighted by molar-refractivity contribution is -0.137. The number of aryl methyl sites for hydroxylation is 1. The summed E-state index contributed by atoms with van der Waals surface area (Å²) >= 11 is 0. The molecular weight excluding hydrogens is 345 g/mol. The minimum atomic E-state index is -4.35. The molecule has 0 fully saturated rings. The Bertz CT molecular complexity index is 987. The number of alkyl halides is 3. The van der Waals surface area contributed by atoms with Gasteiger partial charge in [0.25, 0.3) is 5.56 Å². The predicted molar refractivity (Wildman–Crippen MR) is 90.3 cm³/mol. The van der Waals surface area contributed by atoms with E-state index in [1.165, 1.54) is 27.4 Å². The lowest BCUT2D eigenvalue weighted by Crippen LogP contribution is -2.21. The molecule has 26 heavy (non-hydrogen) atoms. The van der Waals surface area contributed by atoms with Gasteiger partial charge in [-0.2, -0.15) is 18.3 Å². The van der Waals surface area contributed by atoms with Crippen molar-refractivity contribution in [2.45, 2.75) is 25.9 Å². The number of rotatable bonds is 3. The van der Waals surface area contributed by atoms with E-state index in [0.717, 1.165) is 23.3 Å². The molecule has 8 heteroatoms. The van der Waals surface area contributed by atoms with E-state index in [1.807, 2.05) is 6.92 Å².